The van der Waals surface area contributed by atoms with E-state index < -0.39 is 9.73 Å². The van der Waals surface area contributed by atoms with Gasteiger partial charge in [0.1, 0.15) is 17.7 Å². The van der Waals surface area contributed by atoms with Crippen molar-refractivity contribution in [1.82, 2.24) is 20.2 Å². The van der Waals surface area contributed by atoms with Gasteiger partial charge in [-0.3, -0.25) is 14.9 Å². The van der Waals surface area contributed by atoms with Gasteiger partial charge in [0.2, 0.25) is 0 Å². The zero-order chi connectivity index (χ0) is 25.3. The van der Waals surface area contributed by atoms with Gasteiger partial charge in [0.15, 0.2) is 0 Å². The van der Waals surface area contributed by atoms with Crippen LogP contribution in [0.5, 0.6) is 5.75 Å². The molecule has 1 aliphatic heterocycles. The normalized spacial score (nSPS) is 16.5. The highest BCUT2D eigenvalue weighted by atomic mass is 35.5. The largest absolute Gasteiger partial charge is 0.486 e. The number of anilines is 1. The molecule has 8 nitrogen and oxygen atoms in total. The predicted molar refractivity (Wildman–Crippen MR) is 145 cm³/mol. The van der Waals surface area contributed by atoms with E-state index in [1.54, 1.807) is 18.6 Å². The van der Waals surface area contributed by atoms with Crippen LogP contribution in [0.1, 0.15) is 29.8 Å². The maximum atomic E-state index is 11.9. The van der Waals surface area contributed by atoms with Crippen LogP contribution in [0.25, 0.3) is 23.1 Å². The number of benzene rings is 1. The van der Waals surface area contributed by atoms with Crippen molar-refractivity contribution in [3.05, 3.63) is 75.8 Å². The second-order valence-corrected chi connectivity index (χ2v) is 11.8. The van der Waals surface area contributed by atoms with Gasteiger partial charge in [0, 0.05) is 63.9 Å². The summed E-state index contributed by atoms with van der Waals surface area (Å²) in [5.41, 5.74) is 3.28. The maximum absolute atomic E-state index is 11.9. The fourth-order valence-corrected chi connectivity index (χ4v) is 6.01. The number of aromatic nitrogens is 4. The average molecular weight is 543 g/mol. The molecular formula is C25H24Cl2N6O2S. The van der Waals surface area contributed by atoms with E-state index in [0.29, 0.717) is 46.0 Å². The summed E-state index contributed by atoms with van der Waals surface area (Å²) >= 11 is 12.6. The smallest absolute Gasteiger partial charge is 0.128 e. The molecule has 1 aliphatic rings. The molecular weight excluding hydrogens is 519 g/mol. The van der Waals surface area contributed by atoms with Gasteiger partial charge in [0.05, 0.1) is 21.3 Å². The quantitative estimate of drug-likeness (QED) is 0.317. The molecule has 0 aliphatic carbocycles. The molecule has 3 aromatic heterocycles. The van der Waals surface area contributed by atoms with Crippen LogP contribution in [0, 0.1) is 4.78 Å². The number of pyridine rings is 2. The molecule has 186 valence electrons. The Morgan fingerprint density at radius 1 is 1.11 bits per heavy atom. The number of fused-ring (bicyclic) bond motifs is 1. The van der Waals surface area contributed by atoms with Crippen molar-refractivity contribution in [1.29, 1.82) is 4.78 Å². The van der Waals surface area contributed by atoms with Crippen LogP contribution < -0.4 is 9.64 Å². The molecule has 1 unspecified atom stereocenters. The first-order chi connectivity index (χ1) is 17.3. The summed E-state index contributed by atoms with van der Waals surface area (Å²) < 4.78 is 25.7. The molecule has 0 amide bonds. The fraction of sp³-hybridized carbons (Fsp3) is 0.240. The number of nitrogens with one attached hydrogen (secondary N) is 2. The summed E-state index contributed by atoms with van der Waals surface area (Å²) in [4.78, 5) is 10.6. The summed E-state index contributed by atoms with van der Waals surface area (Å²) in [6.07, 6.45) is 8.41. The standard InChI is InChI=1S/C25H24Cl2N6O2S/c1-16(25-20(26)14-29-15-21(25)27)35-18-4-6-23-19(12-18)22(31-32-23)5-2-17-3-7-24(30-13-17)33-8-10-36(28,34)11-9-33/h2-7,12-16,28H,8-11H2,1H3,(H,31,32)/b5-2+. The first kappa shape index (κ1) is 24.5. The van der Waals surface area contributed by atoms with Gasteiger partial charge in [-0.15, -0.1) is 0 Å². The second kappa shape index (κ2) is 10.1. The number of hydrogen-bond donors (Lipinski definition) is 2. The molecule has 0 spiro atoms. The molecule has 1 fully saturated rings. The van der Waals surface area contributed by atoms with Crippen molar-refractivity contribution in [2.45, 2.75) is 13.0 Å². The number of nitrogens with zero attached hydrogens (tertiary/aromatic N) is 4. The highest BCUT2D eigenvalue weighted by molar-refractivity contribution is 7.92. The summed E-state index contributed by atoms with van der Waals surface area (Å²) in [5.74, 6) is 2.27. The van der Waals surface area contributed by atoms with Crippen LogP contribution in [-0.4, -0.2) is 49.0 Å². The lowest BCUT2D eigenvalue weighted by molar-refractivity contribution is 0.227. The molecule has 36 heavy (non-hydrogen) atoms. The fourth-order valence-electron chi connectivity index (χ4n) is 4.10. The number of hydrogen-bond acceptors (Lipinski definition) is 7. The number of halogens is 2. The molecule has 2 N–H and O–H groups in total. The summed E-state index contributed by atoms with van der Waals surface area (Å²) in [5, 5.41) is 9.31. The summed E-state index contributed by atoms with van der Waals surface area (Å²) in [6, 6.07) is 9.65. The lowest BCUT2D eigenvalue weighted by Crippen LogP contribution is -2.40. The van der Waals surface area contributed by atoms with Gasteiger partial charge in [-0.25, -0.2) is 9.19 Å². The first-order valence-corrected chi connectivity index (χ1v) is 14.0. The van der Waals surface area contributed by atoms with Crippen LogP contribution >= 0.6 is 23.2 Å². The molecule has 1 atom stereocenters. The Bertz CT molecular complexity index is 1500. The molecule has 0 saturated carbocycles. The second-order valence-electron chi connectivity index (χ2n) is 8.58. The highest BCUT2D eigenvalue weighted by Gasteiger charge is 2.20. The molecule has 5 rings (SSSR count). The van der Waals surface area contributed by atoms with E-state index in [4.69, 9.17) is 32.7 Å². The van der Waals surface area contributed by atoms with Crippen molar-refractivity contribution >= 4 is 61.8 Å². The highest BCUT2D eigenvalue weighted by Crippen LogP contribution is 2.33. The Morgan fingerprint density at radius 2 is 1.86 bits per heavy atom. The zero-order valence-corrected chi connectivity index (χ0v) is 21.8. The van der Waals surface area contributed by atoms with Crippen LogP contribution in [-0.2, 0) is 9.73 Å². The Hall–Kier alpha value is -3.14. The van der Waals surface area contributed by atoms with Gasteiger partial charge >= 0.3 is 0 Å². The van der Waals surface area contributed by atoms with Crippen LogP contribution in [0.4, 0.5) is 5.82 Å². The Morgan fingerprint density at radius 3 is 2.56 bits per heavy atom. The van der Waals surface area contributed by atoms with E-state index in [1.165, 1.54) is 0 Å². The minimum Gasteiger partial charge on any atom is -0.486 e. The molecule has 4 heterocycles. The van der Waals surface area contributed by atoms with Crippen molar-refractivity contribution in [3.63, 3.8) is 0 Å². The third-order valence-corrected chi connectivity index (χ3v) is 8.37. The predicted octanol–water partition coefficient (Wildman–Crippen LogP) is 5.84. The van der Waals surface area contributed by atoms with E-state index >= 15 is 0 Å². The Kier molecular flexibility index (Phi) is 6.87. The molecule has 1 saturated heterocycles. The third kappa shape index (κ3) is 5.33. The number of aromatic amines is 1. The average Bonchev–Trinajstić information content (AvgIpc) is 3.25. The van der Waals surface area contributed by atoms with Crippen molar-refractivity contribution < 1.29 is 8.95 Å². The van der Waals surface area contributed by atoms with Crippen LogP contribution in [0.15, 0.2) is 48.9 Å². The SMILES string of the molecule is CC(Oc1ccc2[nH]nc(/C=C/c3ccc(N4CCS(=N)(=O)CC4)nc3)c2c1)c1c(Cl)cncc1Cl. The van der Waals surface area contributed by atoms with Crippen molar-refractivity contribution in [3.8, 4) is 5.75 Å². The van der Waals surface area contributed by atoms with Crippen LogP contribution in [0.2, 0.25) is 10.0 Å². The molecule has 0 radical (unpaired) electrons. The Labute approximate surface area is 219 Å². The van der Waals surface area contributed by atoms with Gasteiger partial charge in [-0.05, 0) is 48.9 Å². The van der Waals surface area contributed by atoms with E-state index in [9.17, 15) is 4.21 Å². The monoisotopic (exact) mass is 542 g/mol. The molecule has 1 aromatic carbocycles. The third-order valence-electron chi connectivity index (χ3n) is 6.08. The van der Waals surface area contributed by atoms with Crippen molar-refractivity contribution in [2.24, 2.45) is 0 Å². The maximum Gasteiger partial charge on any atom is 0.128 e. The topological polar surface area (TPSA) is 108 Å². The van der Waals surface area contributed by atoms with E-state index in [0.717, 1.165) is 28.0 Å². The zero-order valence-electron chi connectivity index (χ0n) is 19.4. The molecule has 11 heteroatoms. The minimum atomic E-state index is -2.43. The lowest BCUT2D eigenvalue weighted by atomic mass is 10.1. The summed E-state index contributed by atoms with van der Waals surface area (Å²) in [7, 11) is -2.43. The van der Waals surface area contributed by atoms with E-state index in [-0.39, 0.29) is 6.10 Å². The van der Waals surface area contributed by atoms with Gasteiger partial charge in [-0.1, -0.05) is 29.3 Å². The molecule has 4 aromatic rings. The van der Waals surface area contributed by atoms with E-state index in [2.05, 4.69) is 25.1 Å². The lowest BCUT2D eigenvalue weighted by Gasteiger charge is -2.28. The minimum absolute atomic E-state index is 0.367. The molecule has 0 bridgehead atoms. The number of ether oxygens (including phenoxy) is 1. The van der Waals surface area contributed by atoms with Crippen LogP contribution in [0.3, 0.4) is 0 Å². The van der Waals surface area contributed by atoms with Gasteiger partial charge in [0.25, 0.3) is 0 Å². The van der Waals surface area contributed by atoms with Gasteiger partial charge in [-0.2, -0.15) is 5.10 Å². The van der Waals surface area contributed by atoms with Crippen molar-refractivity contribution in [2.75, 3.05) is 29.5 Å². The first-order valence-electron chi connectivity index (χ1n) is 11.4. The Balaban J connectivity index is 1.31. The number of H-pyrrole nitrogens is 1. The van der Waals surface area contributed by atoms with E-state index in [1.807, 2.05) is 49.4 Å². The van der Waals surface area contributed by atoms with Gasteiger partial charge < -0.3 is 9.64 Å². The summed E-state index contributed by atoms with van der Waals surface area (Å²) in [6.45, 7) is 3.07. The number of rotatable bonds is 6.